The first kappa shape index (κ1) is 16.8. The van der Waals surface area contributed by atoms with Gasteiger partial charge in [0.2, 0.25) is 12.7 Å². The molecular weight excluding hydrogens is 370 g/mol. The van der Waals surface area contributed by atoms with Crippen molar-refractivity contribution in [2.24, 2.45) is 0 Å². The zero-order valence-corrected chi connectivity index (χ0v) is 15.4. The van der Waals surface area contributed by atoms with Gasteiger partial charge in [-0.1, -0.05) is 48.0 Å². The second-order valence-electron chi connectivity index (χ2n) is 6.53. The Hall–Kier alpha value is -2.01. The molecule has 1 aliphatic heterocycles. The van der Waals surface area contributed by atoms with E-state index in [1.165, 1.54) is 0 Å². The van der Waals surface area contributed by atoms with Gasteiger partial charge in [0.1, 0.15) is 0 Å². The molecule has 0 aliphatic carbocycles. The van der Waals surface area contributed by atoms with Gasteiger partial charge in [0, 0.05) is 16.4 Å². The Balaban J connectivity index is 1.60. The zero-order valence-electron chi connectivity index (χ0n) is 13.8. The van der Waals surface area contributed by atoms with Gasteiger partial charge >= 0.3 is 0 Å². The van der Waals surface area contributed by atoms with E-state index in [1.54, 1.807) is 0 Å². The summed E-state index contributed by atoms with van der Waals surface area (Å²) < 4.78 is 11.8. The van der Waals surface area contributed by atoms with E-state index in [1.807, 2.05) is 42.5 Å². The third-order valence-electron chi connectivity index (χ3n) is 4.16. The van der Waals surface area contributed by atoms with Gasteiger partial charge in [-0.2, -0.15) is 0 Å². The molecule has 0 saturated carbocycles. The lowest BCUT2D eigenvalue weighted by atomic mass is 9.84. The van der Waals surface area contributed by atoms with Crippen molar-refractivity contribution in [2.75, 3.05) is 13.3 Å². The molecule has 0 spiro atoms. The van der Waals surface area contributed by atoms with E-state index in [0.29, 0.717) is 13.0 Å². The molecule has 0 unspecified atom stereocenters. The Labute approximate surface area is 150 Å². The van der Waals surface area contributed by atoms with E-state index in [2.05, 4.69) is 35.1 Å². The van der Waals surface area contributed by atoms with Crippen molar-refractivity contribution >= 4 is 21.8 Å². The molecule has 5 heteroatoms. The molecule has 0 bridgehead atoms. The maximum absolute atomic E-state index is 12.2. The molecule has 126 valence electrons. The van der Waals surface area contributed by atoms with Crippen LogP contribution in [0, 0.1) is 0 Å². The number of nitrogens with one attached hydrogen (secondary N) is 1. The number of carbonyl (C=O) groups excluding carboxylic acids is 1. The predicted molar refractivity (Wildman–Crippen MR) is 96.4 cm³/mol. The first-order chi connectivity index (χ1) is 11.4. The minimum absolute atomic E-state index is 0.0196. The van der Waals surface area contributed by atoms with E-state index in [4.69, 9.17) is 9.47 Å². The van der Waals surface area contributed by atoms with E-state index in [-0.39, 0.29) is 18.1 Å². The Morgan fingerprint density at radius 2 is 1.83 bits per heavy atom. The monoisotopic (exact) mass is 389 g/mol. The molecule has 0 radical (unpaired) electrons. The van der Waals surface area contributed by atoms with Gasteiger partial charge in [-0.15, -0.1) is 0 Å². The number of fused-ring (bicyclic) bond motifs is 1. The molecule has 1 amide bonds. The third kappa shape index (κ3) is 3.90. The molecular formula is C19H20BrNO3. The molecule has 0 atom stereocenters. The average Bonchev–Trinajstić information content (AvgIpc) is 3.03. The highest BCUT2D eigenvalue weighted by atomic mass is 79.9. The summed E-state index contributed by atoms with van der Waals surface area (Å²) in [5.74, 6) is 1.56. The van der Waals surface area contributed by atoms with E-state index in [0.717, 1.165) is 27.1 Å². The Bertz CT molecular complexity index is 741. The third-order valence-corrected chi connectivity index (χ3v) is 4.69. The second kappa shape index (κ2) is 6.85. The first-order valence-electron chi connectivity index (χ1n) is 7.85. The number of hydrogen-bond donors (Lipinski definition) is 1. The van der Waals surface area contributed by atoms with Crippen LogP contribution in [0.3, 0.4) is 0 Å². The molecule has 0 fully saturated rings. The number of rotatable bonds is 5. The maximum atomic E-state index is 12.2. The summed E-state index contributed by atoms with van der Waals surface area (Å²) in [5.41, 5.74) is 1.91. The predicted octanol–water partition coefficient (Wildman–Crippen LogP) is 3.81. The quantitative estimate of drug-likeness (QED) is 0.845. The lowest BCUT2D eigenvalue weighted by molar-refractivity contribution is -0.120. The van der Waals surface area contributed by atoms with Gasteiger partial charge in [0.25, 0.3) is 0 Å². The fraction of sp³-hybridized carbons (Fsp3) is 0.316. The van der Waals surface area contributed by atoms with Crippen LogP contribution in [0.4, 0.5) is 0 Å². The van der Waals surface area contributed by atoms with Crippen molar-refractivity contribution in [2.45, 2.75) is 25.7 Å². The molecule has 4 nitrogen and oxygen atoms in total. The van der Waals surface area contributed by atoms with E-state index >= 15 is 0 Å². The van der Waals surface area contributed by atoms with Crippen LogP contribution in [0.2, 0.25) is 0 Å². The van der Waals surface area contributed by atoms with Crippen LogP contribution >= 0.6 is 15.9 Å². The van der Waals surface area contributed by atoms with Crippen molar-refractivity contribution in [1.82, 2.24) is 5.32 Å². The first-order valence-corrected chi connectivity index (χ1v) is 8.65. The van der Waals surface area contributed by atoms with Crippen LogP contribution in [0.5, 0.6) is 11.5 Å². The van der Waals surface area contributed by atoms with Gasteiger partial charge in [-0.25, -0.2) is 0 Å². The van der Waals surface area contributed by atoms with Crippen LogP contribution < -0.4 is 14.8 Å². The lowest BCUT2D eigenvalue weighted by Gasteiger charge is -2.26. The summed E-state index contributed by atoms with van der Waals surface area (Å²) in [7, 11) is 0. The average molecular weight is 390 g/mol. The van der Waals surface area contributed by atoms with Gasteiger partial charge in [0.15, 0.2) is 11.5 Å². The van der Waals surface area contributed by atoms with Gasteiger partial charge in [0.05, 0.1) is 6.42 Å². The number of amides is 1. The molecule has 0 saturated heterocycles. The van der Waals surface area contributed by atoms with Crippen molar-refractivity contribution in [1.29, 1.82) is 0 Å². The summed E-state index contributed by atoms with van der Waals surface area (Å²) >= 11 is 3.40. The van der Waals surface area contributed by atoms with Crippen molar-refractivity contribution in [3.63, 3.8) is 0 Å². The SMILES string of the molecule is CC(C)(CNC(=O)Cc1ccc(Br)cc1)c1ccc2c(c1)OCO2. The lowest BCUT2D eigenvalue weighted by Crippen LogP contribution is -2.37. The smallest absolute Gasteiger partial charge is 0.231 e. The van der Waals surface area contributed by atoms with Crippen molar-refractivity contribution in [3.05, 3.63) is 58.1 Å². The summed E-state index contributed by atoms with van der Waals surface area (Å²) in [4.78, 5) is 12.2. The molecule has 1 aliphatic rings. The summed E-state index contributed by atoms with van der Waals surface area (Å²) in [6.07, 6.45) is 0.379. The maximum Gasteiger partial charge on any atom is 0.231 e. The highest BCUT2D eigenvalue weighted by Crippen LogP contribution is 2.36. The molecule has 1 N–H and O–H groups in total. The van der Waals surface area contributed by atoms with Gasteiger partial charge in [-0.3, -0.25) is 4.79 Å². The summed E-state index contributed by atoms with van der Waals surface area (Å²) in [6.45, 7) is 5.03. The molecule has 2 aromatic rings. The minimum Gasteiger partial charge on any atom is -0.454 e. The topological polar surface area (TPSA) is 47.6 Å². The molecule has 0 aromatic heterocycles. The second-order valence-corrected chi connectivity index (χ2v) is 7.45. The summed E-state index contributed by atoms with van der Waals surface area (Å²) in [5, 5.41) is 3.03. The fourth-order valence-electron chi connectivity index (χ4n) is 2.59. The standard InChI is InChI=1S/C19H20BrNO3/c1-19(2,14-5-8-16-17(10-14)24-12-23-16)11-21-18(22)9-13-3-6-15(20)7-4-13/h3-8,10H,9,11-12H2,1-2H3,(H,21,22). The normalized spacial score (nSPS) is 13.0. The highest BCUT2D eigenvalue weighted by molar-refractivity contribution is 9.10. The Morgan fingerprint density at radius 1 is 1.12 bits per heavy atom. The summed E-state index contributed by atoms with van der Waals surface area (Å²) in [6, 6.07) is 13.7. The van der Waals surface area contributed by atoms with E-state index < -0.39 is 0 Å². The van der Waals surface area contributed by atoms with Crippen LogP contribution in [0.1, 0.15) is 25.0 Å². The highest BCUT2D eigenvalue weighted by Gasteiger charge is 2.24. The Morgan fingerprint density at radius 3 is 2.58 bits per heavy atom. The van der Waals surface area contributed by atoms with Crippen LogP contribution in [0.15, 0.2) is 46.9 Å². The van der Waals surface area contributed by atoms with Crippen molar-refractivity contribution in [3.8, 4) is 11.5 Å². The van der Waals surface area contributed by atoms with Crippen LogP contribution in [0.25, 0.3) is 0 Å². The number of ether oxygens (including phenoxy) is 2. The zero-order chi connectivity index (χ0) is 17.2. The van der Waals surface area contributed by atoms with Crippen molar-refractivity contribution < 1.29 is 14.3 Å². The molecule has 24 heavy (non-hydrogen) atoms. The van der Waals surface area contributed by atoms with E-state index in [9.17, 15) is 4.79 Å². The van der Waals surface area contributed by atoms with Gasteiger partial charge < -0.3 is 14.8 Å². The van der Waals surface area contributed by atoms with Crippen LogP contribution in [-0.2, 0) is 16.6 Å². The number of hydrogen-bond acceptors (Lipinski definition) is 3. The Kier molecular flexibility index (Phi) is 4.81. The number of halogens is 1. The largest absolute Gasteiger partial charge is 0.454 e. The number of benzene rings is 2. The molecule has 2 aromatic carbocycles. The van der Waals surface area contributed by atoms with Crippen LogP contribution in [-0.4, -0.2) is 19.2 Å². The fourth-order valence-corrected chi connectivity index (χ4v) is 2.85. The van der Waals surface area contributed by atoms with Gasteiger partial charge in [-0.05, 0) is 35.4 Å². The molecule has 1 heterocycles. The number of carbonyl (C=O) groups is 1. The minimum atomic E-state index is -0.198. The molecule has 3 rings (SSSR count).